The van der Waals surface area contributed by atoms with Gasteiger partial charge in [-0.25, -0.2) is 9.78 Å². The lowest BCUT2D eigenvalue weighted by molar-refractivity contribution is -0.142. The molecule has 2 unspecified atom stereocenters. The van der Waals surface area contributed by atoms with Crippen molar-refractivity contribution >= 4 is 17.8 Å². The minimum atomic E-state index is -0.731. The predicted molar refractivity (Wildman–Crippen MR) is 72.5 cm³/mol. The van der Waals surface area contributed by atoms with Crippen LogP contribution in [0.3, 0.4) is 0 Å². The maximum absolute atomic E-state index is 11.4. The number of carboxylic acids is 1. The summed E-state index contributed by atoms with van der Waals surface area (Å²) in [7, 11) is 1.33. The molecule has 0 saturated heterocycles. The fourth-order valence-corrected chi connectivity index (χ4v) is 2.61. The predicted octanol–water partition coefficient (Wildman–Crippen LogP) is 1.78. The monoisotopic (exact) mass is 278 g/mol. The highest BCUT2D eigenvalue weighted by Crippen LogP contribution is 2.31. The van der Waals surface area contributed by atoms with Crippen LogP contribution in [-0.2, 0) is 9.53 Å². The Morgan fingerprint density at radius 1 is 1.50 bits per heavy atom. The molecule has 0 aromatic carbocycles. The zero-order chi connectivity index (χ0) is 14.5. The van der Waals surface area contributed by atoms with Crippen molar-refractivity contribution in [3.63, 3.8) is 0 Å². The minimum absolute atomic E-state index is 0.107. The fourth-order valence-electron chi connectivity index (χ4n) is 2.61. The summed E-state index contributed by atoms with van der Waals surface area (Å²) in [4.78, 5) is 26.6. The highest BCUT2D eigenvalue weighted by Gasteiger charge is 2.32. The van der Waals surface area contributed by atoms with E-state index < -0.39 is 11.9 Å². The van der Waals surface area contributed by atoms with E-state index in [4.69, 9.17) is 5.11 Å². The van der Waals surface area contributed by atoms with Crippen molar-refractivity contribution in [2.75, 3.05) is 19.0 Å². The SMILES string of the molecule is COC(=O)c1ccnc(NCC2CCCC2C(=O)O)c1. The number of methoxy groups -OCH3 is 1. The van der Waals surface area contributed by atoms with Gasteiger partial charge < -0.3 is 15.2 Å². The number of esters is 1. The molecule has 1 aliphatic carbocycles. The number of anilines is 1. The molecule has 0 spiro atoms. The Morgan fingerprint density at radius 3 is 3.00 bits per heavy atom. The maximum Gasteiger partial charge on any atom is 0.338 e. The molecule has 1 fully saturated rings. The first-order valence-corrected chi connectivity index (χ1v) is 6.63. The van der Waals surface area contributed by atoms with Gasteiger partial charge in [0.2, 0.25) is 0 Å². The van der Waals surface area contributed by atoms with Crippen LogP contribution in [0, 0.1) is 11.8 Å². The highest BCUT2D eigenvalue weighted by atomic mass is 16.5. The Balaban J connectivity index is 1.97. The van der Waals surface area contributed by atoms with Gasteiger partial charge in [0.1, 0.15) is 5.82 Å². The van der Waals surface area contributed by atoms with Gasteiger partial charge in [-0.05, 0) is 30.9 Å². The van der Waals surface area contributed by atoms with Gasteiger partial charge in [-0.1, -0.05) is 6.42 Å². The Kier molecular flexibility index (Phi) is 4.55. The van der Waals surface area contributed by atoms with Crippen molar-refractivity contribution in [2.24, 2.45) is 11.8 Å². The Hall–Kier alpha value is -2.11. The average Bonchev–Trinajstić information content (AvgIpc) is 2.93. The zero-order valence-electron chi connectivity index (χ0n) is 11.3. The van der Waals surface area contributed by atoms with E-state index in [0.29, 0.717) is 17.9 Å². The van der Waals surface area contributed by atoms with Crippen LogP contribution in [0.1, 0.15) is 29.6 Å². The summed E-state index contributed by atoms with van der Waals surface area (Å²) in [6, 6.07) is 3.18. The van der Waals surface area contributed by atoms with Gasteiger partial charge in [0, 0.05) is 12.7 Å². The highest BCUT2D eigenvalue weighted by molar-refractivity contribution is 5.89. The van der Waals surface area contributed by atoms with Crippen LogP contribution in [0.15, 0.2) is 18.3 Å². The molecular weight excluding hydrogens is 260 g/mol. The summed E-state index contributed by atoms with van der Waals surface area (Å²) >= 11 is 0. The second kappa shape index (κ2) is 6.36. The Morgan fingerprint density at radius 2 is 2.30 bits per heavy atom. The number of ether oxygens (including phenoxy) is 1. The van der Waals surface area contributed by atoms with Crippen molar-refractivity contribution in [1.29, 1.82) is 0 Å². The number of pyridine rings is 1. The number of nitrogens with one attached hydrogen (secondary N) is 1. The first kappa shape index (κ1) is 14.3. The van der Waals surface area contributed by atoms with Crippen molar-refractivity contribution in [2.45, 2.75) is 19.3 Å². The summed E-state index contributed by atoms with van der Waals surface area (Å²) in [5.74, 6) is -0.767. The van der Waals surface area contributed by atoms with E-state index in [1.807, 2.05) is 0 Å². The van der Waals surface area contributed by atoms with E-state index in [-0.39, 0.29) is 11.8 Å². The molecule has 1 aliphatic rings. The Labute approximate surface area is 117 Å². The Bertz CT molecular complexity index is 504. The molecule has 6 heteroatoms. The number of hydrogen-bond acceptors (Lipinski definition) is 5. The first-order valence-electron chi connectivity index (χ1n) is 6.63. The molecule has 1 aromatic heterocycles. The number of carboxylic acid groups (broad SMARTS) is 1. The molecular formula is C14H18N2O4. The van der Waals surface area contributed by atoms with Gasteiger partial charge in [0.15, 0.2) is 0 Å². The van der Waals surface area contributed by atoms with E-state index in [1.54, 1.807) is 12.1 Å². The number of aromatic nitrogens is 1. The third-order valence-corrected chi connectivity index (χ3v) is 3.70. The van der Waals surface area contributed by atoms with Gasteiger partial charge in [-0.2, -0.15) is 0 Å². The topological polar surface area (TPSA) is 88.5 Å². The summed E-state index contributed by atoms with van der Waals surface area (Å²) in [5, 5.41) is 12.2. The van der Waals surface area contributed by atoms with Crippen LogP contribution < -0.4 is 5.32 Å². The lowest BCUT2D eigenvalue weighted by Gasteiger charge is -2.16. The molecule has 108 valence electrons. The molecule has 0 amide bonds. The summed E-state index contributed by atoms with van der Waals surface area (Å²) in [6.45, 7) is 0.550. The number of nitrogens with zero attached hydrogens (tertiary/aromatic N) is 1. The van der Waals surface area contributed by atoms with Crippen molar-refractivity contribution < 1.29 is 19.4 Å². The van der Waals surface area contributed by atoms with Crippen molar-refractivity contribution in [1.82, 2.24) is 4.98 Å². The molecule has 0 radical (unpaired) electrons. The van der Waals surface area contributed by atoms with Crippen LogP contribution in [0.25, 0.3) is 0 Å². The number of hydrogen-bond donors (Lipinski definition) is 2. The maximum atomic E-state index is 11.4. The minimum Gasteiger partial charge on any atom is -0.481 e. The van der Waals surface area contributed by atoms with Crippen LogP contribution in [0.2, 0.25) is 0 Å². The molecule has 2 atom stereocenters. The van der Waals surface area contributed by atoms with Gasteiger partial charge in [-0.3, -0.25) is 4.79 Å². The summed E-state index contributed by atoms with van der Waals surface area (Å²) in [5.41, 5.74) is 0.422. The molecule has 2 rings (SSSR count). The number of rotatable bonds is 5. The zero-order valence-corrected chi connectivity index (χ0v) is 11.3. The standard InChI is InChI=1S/C14H18N2O4/c1-20-14(19)9-5-6-15-12(7-9)16-8-10-3-2-4-11(10)13(17)18/h5-7,10-11H,2-4,8H2,1H3,(H,15,16)(H,17,18). The van der Waals surface area contributed by atoms with Gasteiger partial charge in [-0.15, -0.1) is 0 Å². The second-order valence-electron chi connectivity index (χ2n) is 4.94. The van der Waals surface area contributed by atoms with Crippen LogP contribution >= 0.6 is 0 Å². The normalized spacial score (nSPS) is 21.4. The fraction of sp³-hybridized carbons (Fsp3) is 0.500. The molecule has 0 bridgehead atoms. The number of carbonyl (C=O) groups is 2. The van der Waals surface area contributed by atoms with Crippen LogP contribution in [0.5, 0.6) is 0 Å². The molecule has 6 nitrogen and oxygen atoms in total. The smallest absolute Gasteiger partial charge is 0.338 e. The first-order chi connectivity index (χ1) is 9.61. The molecule has 1 heterocycles. The van der Waals surface area contributed by atoms with Crippen molar-refractivity contribution in [3.8, 4) is 0 Å². The number of aliphatic carboxylic acids is 1. The van der Waals surface area contributed by atoms with E-state index in [1.165, 1.54) is 13.3 Å². The molecule has 0 aliphatic heterocycles. The molecule has 1 aromatic rings. The summed E-state index contributed by atoms with van der Waals surface area (Å²) < 4.78 is 4.65. The quantitative estimate of drug-likeness (QED) is 0.798. The third kappa shape index (κ3) is 3.26. The van der Waals surface area contributed by atoms with E-state index in [0.717, 1.165) is 19.3 Å². The van der Waals surface area contributed by atoms with Crippen LogP contribution in [-0.4, -0.2) is 35.7 Å². The average molecular weight is 278 g/mol. The lowest BCUT2D eigenvalue weighted by atomic mass is 9.96. The number of carbonyl (C=O) groups excluding carboxylic acids is 1. The summed E-state index contributed by atoms with van der Waals surface area (Å²) in [6.07, 6.45) is 4.11. The molecule has 1 saturated carbocycles. The van der Waals surface area contributed by atoms with E-state index >= 15 is 0 Å². The van der Waals surface area contributed by atoms with E-state index in [2.05, 4.69) is 15.0 Å². The molecule has 20 heavy (non-hydrogen) atoms. The van der Waals surface area contributed by atoms with Gasteiger partial charge >= 0.3 is 11.9 Å². The van der Waals surface area contributed by atoms with Crippen molar-refractivity contribution in [3.05, 3.63) is 23.9 Å². The third-order valence-electron chi connectivity index (χ3n) is 3.70. The molecule has 2 N–H and O–H groups in total. The second-order valence-corrected chi connectivity index (χ2v) is 4.94. The van der Waals surface area contributed by atoms with Crippen LogP contribution in [0.4, 0.5) is 5.82 Å². The largest absolute Gasteiger partial charge is 0.481 e. The van der Waals surface area contributed by atoms with E-state index in [9.17, 15) is 9.59 Å². The lowest BCUT2D eigenvalue weighted by Crippen LogP contribution is -2.24. The van der Waals surface area contributed by atoms with Gasteiger partial charge in [0.25, 0.3) is 0 Å². The van der Waals surface area contributed by atoms with Gasteiger partial charge in [0.05, 0.1) is 18.6 Å².